The molecule has 1 amide bonds. The van der Waals surface area contributed by atoms with E-state index in [0.717, 1.165) is 0 Å². The van der Waals surface area contributed by atoms with Crippen molar-refractivity contribution in [3.8, 4) is 0 Å². The predicted octanol–water partition coefficient (Wildman–Crippen LogP) is -0.297. The molecule has 0 saturated heterocycles. The van der Waals surface area contributed by atoms with Gasteiger partial charge in [-0.3, -0.25) is 4.79 Å². The summed E-state index contributed by atoms with van der Waals surface area (Å²) >= 11 is 0. The molecule has 2 unspecified atom stereocenters. The number of hydrogen-bond donors (Lipinski definition) is 3. The number of carboxylic acids is 1. The largest absolute Gasteiger partial charge is 0.480 e. The van der Waals surface area contributed by atoms with Crippen molar-refractivity contribution in [1.29, 1.82) is 0 Å². The van der Waals surface area contributed by atoms with Gasteiger partial charge in [0.2, 0.25) is 5.91 Å². The number of nitrogens with two attached hydrogens (primary N) is 1. The quantitative estimate of drug-likeness (QED) is 0.552. The first kappa shape index (κ1) is 11.9. The Kier molecular flexibility index (Phi) is 5.06. The molecule has 0 aromatic carbocycles. The molecule has 0 heterocycles. The lowest BCUT2D eigenvalue weighted by Gasteiger charge is -2.13. The van der Waals surface area contributed by atoms with Gasteiger partial charge in [-0.1, -0.05) is 0 Å². The van der Waals surface area contributed by atoms with Gasteiger partial charge in [-0.15, -0.1) is 0 Å². The molecule has 76 valence electrons. The third-order valence-electron chi connectivity index (χ3n) is 1.59. The third-order valence-corrected chi connectivity index (χ3v) is 1.59. The van der Waals surface area contributed by atoms with E-state index in [9.17, 15) is 9.59 Å². The maximum absolute atomic E-state index is 10.6. The van der Waals surface area contributed by atoms with Crippen LogP contribution in [0.15, 0.2) is 0 Å². The van der Waals surface area contributed by atoms with Crippen LogP contribution in [0.5, 0.6) is 0 Å². The number of carboxylic acid groups (broad SMARTS) is 1. The van der Waals surface area contributed by atoms with Crippen LogP contribution in [0.1, 0.15) is 26.7 Å². The van der Waals surface area contributed by atoms with Crippen LogP contribution < -0.4 is 11.1 Å². The summed E-state index contributed by atoms with van der Waals surface area (Å²) in [7, 11) is 0. The van der Waals surface area contributed by atoms with Gasteiger partial charge in [0, 0.05) is 13.0 Å². The average Bonchev–Trinajstić information content (AvgIpc) is 1.96. The van der Waals surface area contributed by atoms with Crippen LogP contribution in [-0.2, 0) is 9.59 Å². The minimum absolute atomic E-state index is 0.0457. The first-order valence-electron chi connectivity index (χ1n) is 4.19. The van der Waals surface area contributed by atoms with E-state index in [1.54, 1.807) is 6.92 Å². The Bertz CT molecular complexity index is 192. The first-order chi connectivity index (χ1) is 5.93. The van der Waals surface area contributed by atoms with Crippen molar-refractivity contribution >= 4 is 11.9 Å². The molecular weight excluding hydrogens is 172 g/mol. The summed E-state index contributed by atoms with van der Waals surface area (Å²) in [5.41, 5.74) is 5.47. The second-order valence-corrected chi connectivity index (χ2v) is 3.15. The lowest BCUT2D eigenvalue weighted by molar-refractivity contribution is -0.141. The number of rotatable bonds is 5. The molecule has 0 aliphatic rings. The van der Waals surface area contributed by atoms with Gasteiger partial charge in [-0.2, -0.15) is 0 Å². The van der Waals surface area contributed by atoms with E-state index in [4.69, 9.17) is 10.8 Å². The van der Waals surface area contributed by atoms with Gasteiger partial charge in [0.25, 0.3) is 0 Å². The number of carbonyl (C=O) groups is 2. The summed E-state index contributed by atoms with van der Waals surface area (Å²) < 4.78 is 0. The molecule has 2 atom stereocenters. The van der Waals surface area contributed by atoms with Crippen LogP contribution in [0.3, 0.4) is 0 Å². The molecule has 13 heavy (non-hydrogen) atoms. The Balaban J connectivity index is 3.95. The minimum atomic E-state index is -1.02. The lowest BCUT2D eigenvalue weighted by atomic mass is 10.1. The highest BCUT2D eigenvalue weighted by atomic mass is 16.4. The Morgan fingerprint density at radius 2 is 2.00 bits per heavy atom. The summed E-state index contributed by atoms with van der Waals surface area (Å²) in [6.07, 6.45) is 0.948. The van der Waals surface area contributed by atoms with Crippen LogP contribution in [0, 0.1) is 0 Å². The molecule has 4 N–H and O–H groups in total. The third kappa shape index (κ3) is 6.10. The highest BCUT2D eigenvalue weighted by Crippen LogP contribution is 2.00. The summed E-state index contributed by atoms with van der Waals surface area (Å²) in [4.78, 5) is 21.2. The molecule has 0 saturated carbocycles. The molecule has 0 aliphatic heterocycles. The van der Waals surface area contributed by atoms with Gasteiger partial charge in [0.1, 0.15) is 6.04 Å². The zero-order valence-corrected chi connectivity index (χ0v) is 7.91. The number of hydrogen-bond acceptors (Lipinski definition) is 3. The zero-order chi connectivity index (χ0) is 10.4. The van der Waals surface area contributed by atoms with Crippen molar-refractivity contribution in [2.45, 2.75) is 38.8 Å². The molecule has 5 heteroatoms. The maximum atomic E-state index is 10.6. The monoisotopic (exact) mass is 188 g/mol. The van der Waals surface area contributed by atoms with Gasteiger partial charge in [-0.25, -0.2) is 4.79 Å². The smallest absolute Gasteiger partial charge is 0.326 e. The van der Waals surface area contributed by atoms with Crippen molar-refractivity contribution in [1.82, 2.24) is 5.32 Å². The fraction of sp³-hybridized carbons (Fsp3) is 0.750. The van der Waals surface area contributed by atoms with Crippen molar-refractivity contribution in [3.05, 3.63) is 0 Å². The van der Waals surface area contributed by atoms with Crippen molar-refractivity contribution in [2.24, 2.45) is 5.73 Å². The maximum Gasteiger partial charge on any atom is 0.326 e. The van der Waals surface area contributed by atoms with Crippen LogP contribution in [0.2, 0.25) is 0 Å². The Morgan fingerprint density at radius 3 is 2.31 bits per heavy atom. The van der Waals surface area contributed by atoms with Gasteiger partial charge in [0.05, 0.1) is 0 Å². The van der Waals surface area contributed by atoms with Crippen LogP contribution in [0.25, 0.3) is 0 Å². The molecule has 0 aromatic rings. The highest BCUT2D eigenvalue weighted by molar-refractivity contribution is 5.81. The van der Waals surface area contributed by atoms with Crippen molar-refractivity contribution in [3.63, 3.8) is 0 Å². The second-order valence-electron chi connectivity index (χ2n) is 3.15. The van der Waals surface area contributed by atoms with Gasteiger partial charge < -0.3 is 16.2 Å². The molecule has 0 aromatic heterocycles. The number of nitrogens with one attached hydrogen (secondary N) is 1. The molecule has 0 aliphatic carbocycles. The summed E-state index contributed by atoms with van der Waals surface area (Å²) in [5, 5.41) is 11.0. The zero-order valence-electron chi connectivity index (χ0n) is 7.91. The van der Waals surface area contributed by atoms with Crippen molar-refractivity contribution in [2.75, 3.05) is 0 Å². The first-order valence-corrected chi connectivity index (χ1v) is 4.19. The standard InChI is InChI=1S/C8H16N2O3/c1-5(9)3-4-7(8(12)13)10-6(2)11/h5,7H,3-4,9H2,1-2H3,(H,10,11)(H,12,13). The predicted molar refractivity (Wildman–Crippen MR) is 48.1 cm³/mol. The van der Waals surface area contributed by atoms with Gasteiger partial charge in [0.15, 0.2) is 0 Å². The summed E-state index contributed by atoms with van der Waals surface area (Å²) in [5.74, 6) is -1.35. The molecular formula is C8H16N2O3. The fourth-order valence-electron chi connectivity index (χ4n) is 0.932. The topological polar surface area (TPSA) is 92.4 Å². The molecule has 5 nitrogen and oxygen atoms in total. The molecule has 0 bridgehead atoms. The van der Waals surface area contributed by atoms with E-state index in [0.29, 0.717) is 12.8 Å². The minimum Gasteiger partial charge on any atom is -0.480 e. The van der Waals surface area contributed by atoms with E-state index in [1.165, 1.54) is 6.92 Å². The van der Waals surface area contributed by atoms with E-state index >= 15 is 0 Å². The van der Waals surface area contributed by atoms with Crippen LogP contribution in [-0.4, -0.2) is 29.1 Å². The Morgan fingerprint density at radius 1 is 1.46 bits per heavy atom. The van der Waals surface area contributed by atoms with Crippen LogP contribution in [0.4, 0.5) is 0 Å². The Labute approximate surface area is 77.3 Å². The van der Waals surface area contributed by atoms with E-state index in [-0.39, 0.29) is 11.9 Å². The van der Waals surface area contributed by atoms with E-state index in [1.807, 2.05) is 0 Å². The Hall–Kier alpha value is -1.10. The highest BCUT2D eigenvalue weighted by Gasteiger charge is 2.17. The summed E-state index contributed by atoms with van der Waals surface area (Å²) in [6, 6.07) is -0.862. The van der Waals surface area contributed by atoms with Crippen molar-refractivity contribution < 1.29 is 14.7 Å². The number of carbonyl (C=O) groups excluding carboxylic acids is 1. The number of amides is 1. The second kappa shape index (κ2) is 5.53. The fourth-order valence-corrected chi connectivity index (χ4v) is 0.932. The molecule has 0 radical (unpaired) electrons. The lowest BCUT2D eigenvalue weighted by Crippen LogP contribution is -2.40. The normalized spacial score (nSPS) is 14.7. The van der Waals surface area contributed by atoms with Crippen LogP contribution >= 0.6 is 0 Å². The average molecular weight is 188 g/mol. The number of aliphatic carboxylic acids is 1. The molecule has 0 rings (SSSR count). The molecule has 0 spiro atoms. The SMILES string of the molecule is CC(=O)NC(CCC(C)N)C(=O)O. The van der Waals surface area contributed by atoms with E-state index < -0.39 is 12.0 Å². The van der Waals surface area contributed by atoms with Gasteiger partial charge >= 0.3 is 5.97 Å². The summed E-state index contributed by atoms with van der Waals surface area (Å²) in [6.45, 7) is 3.09. The molecule has 0 fully saturated rings. The van der Waals surface area contributed by atoms with Gasteiger partial charge in [-0.05, 0) is 19.8 Å². The van der Waals surface area contributed by atoms with E-state index in [2.05, 4.69) is 5.32 Å².